The molecular formula is C16H16Br2O. The Morgan fingerprint density at radius 2 is 1.89 bits per heavy atom. The van der Waals surface area contributed by atoms with Crippen molar-refractivity contribution < 1.29 is 4.74 Å². The molecule has 0 atom stereocenters. The standard InChI is InChI=1S/C16H16Br2O/c1-11(2)12-4-3-5-15(9-12)19-16-7-6-14(18)8-13(16)10-17/h3-9,11H,10H2,1-2H3. The Labute approximate surface area is 131 Å². The maximum Gasteiger partial charge on any atom is 0.131 e. The quantitative estimate of drug-likeness (QED) is 0.566. The number of hydrogen-bond acceptors (Lipinski definition) is 1. The van der Waals surface area contributed by atoms with Gasteiger partial charge in [-0.2, -0.15) is 0 Å². The predicted molar refractivity (Wildman–Crippen MR) is 87.4 cm³/mol. The zero-order chi connectivity index (χ0) is 13.8. The molecule has 19 heavy (non-hydrogen) atoms. The van der Waals surface area contributed by atoms with Crippen molar-refractivity contribution in [2.24, 2.45) is 0 Å². The summed E-state index contributed by atoms with van der Waals surface area (Å²) in [7, 11) is 0. The van der Waals surface area contributed by atoms with E-state index < -0.39 is 0 Å². The number of alkyl halides is 1. The molecule has 2 rings (SSSR count). The Kier molecular flexibility index (Phi) is 5.06. The molecule has 0 radical (unpaired) electrons. The number of rotatable bonds is 4. The van der Waals surface area contributed by atoms with Gasteiger partial charge in [0.15, 0.2) is 0 Å². The van der Waals surface area contributed by atoms with E-state index >= 15 is 0 Å². The first-order valence-corrected chi connectivity index (χ1v) is 8.14. The fourth-order valence-corrected chi connectivity index (χ4v) is 2.66. The van der Waals surface area contributed by atoms with Crippen molar-refractivity contribution in [3.8, 4) is 11.5 Å². The van der Waals surface area contributed by atoms with E-state index in [-0.39, 0.29) is 0 Å². The van der Waals surface area contributed by atoms with Crippen LogP contribution in [0.15, 0.2) is 46.9 Å². The Bertz CT molecular complexity index is 564. The molecule has 0 amide bonds. The summed E-state index contributed by atoms with van der Waals surface area (Å²) >= 11 is 6.97. The average molecular weight is 384 g/mol. The van der Waals surface area contributed by atoms with Crippen LogP contribution in [0.3, 0.4) is 0 Å². The van der Waals surface area contributed by atoms with Crippen molar-refractivity contribution in [2.45, 2.75) is 25.1 Å². The van der Waals surface area contributed by atoms with Gasteiger partial charge in [-0.3, -0.25) is 0 Å². The summed E-state index contributed by atoms with van der Waals surface area (Å²) in [4.78, 5) is 0. The molecule has 0 aliphatic heterocycles. The third-order valence-corrected chi connectivity index (χ3v) is 4.02. The minimum absolute atomic E-state index is 0.504. The Morgan fingerprint density at radius 3 is 2.58 bits per heavy atom. The number of ether oxygens (including phenoxy) is 1. The second-order valence-corrected chi connectivity index (χ2v) is 6.19. The van der Waals surface area contributed by atoms with Crippen LogP contribution in [0.2, 0.25) is 0 Å². The number of benzene rings is 2. The maximum absolute atomic E-state index is 6.00. The van der Waals surface area contributed by atoms with Crippen LogP contribution in [0, 0.1) is 0 Å². The highest BCUT2D eigenvalue weighted by atomic mass is 79.9. The van der Waals surface area contributed by atoms with Crippen molar-refractivity contribution in [1.29, 1.82) is 0 Å². The van der Waals surface area contributed by atoms with Crippen molar-refractivity contribution in [3.05, 3.63) is 58.1 Å². The predicted octanol–water partition coefficient (Wildman–Crippen LogP) is 6.26. The van der Waals surface area contributed by atoms with Gasteiger partial charge in [0.05, 0.1) is 0 Å². The van der Waals surface area contributed by atoms with Gasteiger partial charge in [-0.1, -0.05) is 57.8 Å². The van der Waals surface area contributed by atoms with Crippen molar-refractivity contribution in [3.63, 3.8) is 0 Å². The first-order chi connectivity index (χ1) is 9.10. The van der Waals surface area contributed by atoms with E-state index in [2.05, 4.69) is 63.9 Å². The molecule has 0 saturated heterocycles. The monoisotopic (exact) mass is 382 g/mol. The van der Waals surface area contributed by atoms with E-state index in [0.29, 0.717) is 5.92 Å². The molecule has 2 aromatic carbocycles. The van der Waals surface area contributed by atoms with Crippen LogP contribution in [-0.2, 0) is 5.33 Å². The van der Waals surface area contributed by atoms with Gasteiger partial charge in [0.2, 0.25) is 0 Å². The minimum atomic E-state index is 0.504. The Hall–Kier alpha value is -0.800. The summed E-state index contributed by atoms with van der Waals surface area (Å²) in [5.74, 6) is 2.28. The van der Waals surface area contributed by atoms with Gasteiger partial charge < -0.3 is 4.74 Å². The Balaban J connectivity index is 2.28. The van der Waals surface area contributed by atoms with Crippen LogP contribution >= 0.6 is 31.9 Å². The van der Waals surface area contributed by atoms with Crippen molar-refractivity contribution >= 4 is 31.9 Å². The smallest absolute Gasteiger partial charge is 0.131 e. The fraction of sp³-hybridized carbons (Fsp3) is 0.250. The van der Waals surface area contributed by atoms with Gasteiger partial charge in [-0.25, -0.2) is 0 Å². The summed E-state index contributed by atoms with van der Waals surface area (Å²) in [6.07, 6.45) is 0. The topological polar surface area (TPSA) is 9.23 Å². The van der Waals surface area contributed by atoms with Gasteiger partial charge in [-0.15, -0.1) is 0 Å². The summed E-state index contributed by atoms with van der Waals surface area (Å²) in [6.45, 7) is 4.37. The first-order valence-electron chi connectivity index (χ1n) is 6.22. The maximum atomic E-state index is 6.00. The zero-order valence-electron chi connectivity index (χ0n) is 11.0. The summed E-state index contributed by atoms with van der Waals surface area (Å²) in [6, 6.07) is 14.3. The SMILES string of the molecule is CC(C)c1cccc(Oc2ccc(Br)cc2CBr)c1. The lowest BCUT2D eigenvalue weighted by Crippen LogP contribution is -1.92. The van der Waals surface area contributed by atoms with E-state index in [4.69, 9.17) is 4.74 Å². The van der Waals surface area contributed by atoms with Gasteiger partial charge >= 0.3 is 0 Å². The third-order valence-electron chi connectivity index (χ3n) is 2.92. The second kappa shape index (κ2) is 6.58. The van der Waals surface area contributed by atoms with E-state index in [1.165, 1.54) is 5.56 Å². The molecule has 0 spiro atoms. The van der Waals surface area contributed by atoms with Gasteiger partial charge in [-0.05, 0) is 41.8 Å². The molecule has 1 nitrogen and oxygen atoms in total. The molecule has 0 aliphatic rings. The zero-order valence-corrected chi connectivity index (χ0v) is 14.2. The summed E-state index contributed by atoms with van der Waals surface area (Å²) in [5.41, 5.74) is 2.42. The van der Waals surface area contributed by atoms with Gasteiger partial charge in [0, 0.05) is 15.4 Å². The molecule has 0 saturated carbocycles. The minimum Gasteiger partial charge on any atom is -0.457 e. The van der Waals surface area contributed by atoms with E-state index in [9.17, 15) is 0 Å². The number of hydrogen-bond donors (Lipinski definition) is 0. The van der Waals surface area contributed by atoms with E-state index in [0.717, 1.165) is 26.9 Å². The normalized spacial score (nSPS) is 10.8. The molecule has 0 unspecified atom stereocenters. The van der Waals surface area contributed by atoms with E-state index in [1.807, 2.05) is 24.3 Å². The molecular weight excluding hydrogens is 368 g/mol. The Morgan fingerprint density at radius 1 is 1.11 bits per heavy atom. The van der Waals surface area contributed by atoms with E-state index in [1.54, 1.807) is 0 Å². The molecule has 0 aliphatic carbocycles. The van der Waals surface area contributed by atoms with Crippen LogP contribution in [0.1, 0.15) is 30.9 Å². The molecule has 0 N–H and O–H groups in total. The third kappa shape index (κ3) is 3.83. The first kappa shape index (κ1) is 14.6. The molecule has 3 heteroatoms. The van der Waals surface area contributed by atoms with Gasteiger partial charge in [0.1, 0.15) is 11.5 Å². The summed E-state index contributed by atoms with van der Waals surface area (Å²) in [5, 5.41) is 0.769. The van der Waals surface area contributed by atoms with Crippen molar-refractivity contribution in [1.82, 2.24) is 0 Å². The van der Waals surface area contributed by atoms with Crippen molar-refractivity contribution in [2.75, 3.05) is 0 Å². The lowest BCUT2D eigenvalue weighted by molar-refractivity contribution is 0.477. The molecule has 0 fully saturated rings. The lowest BCUT2D eigenvalue weighted by atomic mass is 10.0. The van der Waals surface area contributed by atoms with Crippen LogP contribution in [-0.4, -0.2) is 0 Å². The van der Waals surface area contributed by atoms with Crippen LogP contribution in [0.4, 0.5) is 0 Å². The van der Waals surface area contributed by atoms with Gasteiger partial charge in [0.25, 0.3) is 0 Å². The molecule has 100 valence electrons. The highest BCUT2D eigenvalue weighted by molar-refractivity contribution is 9.10. The lowest BCUT2D eigenvalue weighted by Gasteiger charge is -2.12. The molecule has 0 aromatic heterocycles. The fourth-order valence-electron chi connectivity index (χ4n) is 1.82. The molecule has 0 heterocycles. The largest absolute Gasteiger partial charge is 0.457 e. The number of halogens is 2. The molecule has 0 bridgehead atoms. The van der Waals surface area contributed by atoms with Crippen LogP contribution in [0.25, 0.3) is 0 Å². The second-order valence-electron chi connectivity index (χ2n) is 4.71. The van der Waals surface area contributed by atoms with Crippen LogP contribution < -0.4 is 4.74 Å². The average Bonchev–Trinajstić information content (AvgIpc) is 2.41. The molecule has 2 aromatic rings. The highest BCUT2D eigenvalue weighted by Gasteiger charge is 2.06. The summed E-state index contributed by atoms with van der Waals surface area (Å²) < 4.78 is 7.06. The highest BCUT2D eigenvalue weighted by Crippen LogP contribution is 2.30. The van der Waals surface area contributed by atoms with Crippen LogP contribution in [0.5, 0.6) is 11.5 Å².